The van der Waals surface area contributed by atoms with Gasteiger partial charge in [-0.05, 0) is 38.1 Å². The molecule has 0 bridgehead atoms. The lowest BCUT2D eigenvalue weighted by Crippen LogP contribution is -2.45. The molecule has 1 unspecified atom stereocenters. The SMILES string of the molecule is NCCC1CCCCN1S(=O)(=O)CCC1CC1. The summed E-state index contributed by atoms with van der Waals surface area (Å²) in [6, 6.07) is 0.165. The molecule has 4 nitrogen and oxygen atoms in total. The molecule has 5 heteroatoms. The predicted molar refractivity (Wildman–Crippen MR) is 69.1 cm³/mol. The van der Waals surface area contributed by atoms with Crippen molar-refractivity contribution in [3.63, 3.8) is 0 Å². The molecule has 0 aromatic heterocycles. The molecular formula is C12H24N2O2S. The Morgan fingerprint density at radius 2 is 1.88 bits per heavy atom. The third-order valence-electron chi connectivity index (χ3n) is 3.91. The van der Waals surface area contributed by atoms with Gasteiger partial charge < -0.3 is 5.73 Å². The number of nitrogens with zero attached hydrogens (tertiary/aromatic N) is 1. The molecule has 2 fully saturated rings. The molecule has 0 spiro atoms. The van der Waals surface area contributed by atoms with Gasteiger partial charge in [-0.25, -0.2) is 8.42 Å². The van der Waals surface area contributed by atoms with E-state index in [0.717, 1.165) is 32.1 Å². The summed E-state index contributed by atoms with van der Waals surface area (Å²) in [5.41, 5.74) is 5.58. The average Bonchev–Trinajstić information content (AvgIpc) is 3.11. The quantitative estimate of drug-likeness (QED) is 0.783. The van der Waals surface area contributed by atoms with Gasteiger partial charge in [0.1, 0.15) is 0 Å². The van der Waals surface area contributed by atoms with Gasteiger partial charge in [-0.2, -0.15) is 4.31 Å². The van der Waals surface area contributed by atoms with Gasteiger partial charge in [0.05, 0.1) is 5.75 Å². The van der Waals surface area contributed by atoms with E-state index in [1.807, 2.05) is 0 Å². The van der Waals surface area contributed by atoms with Gasteiger partial charge in [0.2, 0.25) is 10.0 Å². The minimum atomic E-state index is -3.03. The Bertz CT molecular complexity index is 336. The Morgan fingerprint density at radius 3 is 2.53 bits per heavy atom. The van der Waals surface area contributed by atoms with Crippen LogP contribution in [0.2, 0.25) is 0 Å². The summed E-state index contributed by atoms with van der Waals surface area (Å²) in [6.07, 6.45) is 7.24. The highest BCUT2D eigenvalue weighted by Gasteiger charge is 2.33. The molecule has 0 radical (unpaired) electrons. The van der Waals surface area contributed by atoms with Gasteiger partial charge in [0.15, 0.2) is 0 Å². The molecular weight excluding hydrogens is 236 g/mol. The zero-order valence-electron chi connectivity index (χ0n) is 10.5. The van der Waals surface area contributed by atoms with Crippen molar-refractivity contribution < 1.29 is 8.42 Å². The van der Waals surface area contributed by atoms with Gasteiger partial charge >= 0.3 is 0 Å². The fourth-order valence-electron chi connectivity index (χ4n) is 2.66. The number of hydrogen-bond donors (Lipinski definition) is 1. The summed E-state index contributed by atoms with van der Waals surface area (Å²) >= 11 is 0. The summed E-state index contributed by atoms with van der Waals surface area (Å²) < 4.78 is 26.3. The Kier molecular flexibility index (Phi) is 4.44. The Hall–Kier alpha value is -0.130. The maximum absolute atomic E-state index is 12.3. The van der Waals surface area contributed by atoms with Gasteiger partial charge in [-0.1, -0.05) is 19.3 Å². The van der Waals surface area contributed by atoms with Crippen LogP contribution in [0.15, 0.2) is 0 Å². The van der Waals surface area contributed by atoms with Crippen LogP contribution in [0.4, 0.5) is 0 Å². The van der Waals surface area contributed by atoms with Crippen LogP contribution >= 0.6 is 0 Å². The van der Waals surface area contributed by atoms with Crippen molar-refractivity contribution in [1.29, 1.82) is 0 Å². The van der Waals surface area contributed by atoms with Crippen LogP contribution in [0.3, 0.4) is 0 Å². The van der Waals surface area contributed by atoms with E-state index in [1.54, 1.807) is 4.31 Å². The van der Waals surface area contributed by atoms with Gasteiger partial charge in [-0.3, -0.25) is 0 Å². The van der Waals surface area contributed by atoms with Gasteiger partial charge in [0, 0.05) is 12.6 Å². The highest BCUT2D eigenvalue weighted by molar-refractivity contribution is 7.89. The first-order valence-electron chi connectivity index (χ1n) is 6.83. The maximum atomic E-state index is 12.3. The second kappa shape index (κ2) is 5.67. The Morgan fingerprint density at radius 1 is 1.12 bits per heavy atom. The van der Waals surface area contributed by atoms with Crippen molar-refractivity contribution in [2.75, 3.05) is 18.8 Å². The van der Waals surface area contributed by atoms with Crippen LogP contribution in [0, 0.1) is 5.92 Å². The topological polar surface area (TPSA) is 63.4 Å². The standard InChI is InChI=1S/C12H24N2O2S/c13-8-6-12-3-1-2-9-14(12)17(15,16)10-7-11-4-5-11/h11-12H,1-10,13H2. The molecule has 1 atom stereocenters. The first-order valence-corrected chi connectivity index (χ1v) is 8.44. The minimum Gasteiger partial charge on any atom is -0.330 e. The molecule has 2 aliphatic rings. The second-order valence-corrected chi connectivity index (χ2v) is 7.43. The zero-order valence-corrected chi connectivity index (χ0v) is 11.3. The monoisotopic (exact) mass is 260 g/mol. The van der Waals surface area contributed by atoms with Gasteiger partial charge in [-0.15, -0.1) is 0 Å². The van der Waals surface area contributed by atoms with Crippen LogP contribution in [0.5, 0.6) is 0 Å². The molecule has 1 aliphatic carbocycles. The average molecular weight is 260 g/mol. The first kappa shape index (κ1) is 13.3. The van der Waals surface area contributed by atoms with E-state index in [2.05, 4.69) is 0 Å². The number of rotatable bonds is 6. The van der Waals surface area contributed by atoms with Crippen molar-refractivity contribution in [2.24, 2.45) is 11.7 Å². The summed E-state index contributed by atoms with van der Waals surface area (Å²) in [7, 11) is -3.03. The molecule has 17 heavy (non-hydrogen) atoms. The van der Waals surface area contributed by atoms with E-state index in [9.17, 15) is 8.42 Å². The van der Waals surface area contributed by atoms with Crippen LogP contribution in [-0.4, -0.2) is 37.6 Å². The predicted octanol–water partition coefficient (Wildman–Crippen LogP) is 1.32. The van der Waals surface area contributed by atoms with E-state index in [-0.39, 0.29) is 6.04 Å². The molecule has 0 aromatic rings. The number of piperidine rings is 1. The highest BCUT2D eigenvalue weighted by atomic mass is 32.2. The van der Waals surface area contributed by atoms with E-state index in [1.165, 1.54) is 12.8 Å². The molecule has 2 N–H and O–H groups in total. The van der Waals surface area contributed by atoms with Crippen LogP contribution in [0.25, 0.3) is 0 Å². The number of sulfonamides is 1. The summed E-state index contributed by atoms with van der Waals surface area (Å²) in [5, 5.41) is 0. The van der Waals surface area contributed by atoms with Crippen LogP contribution in [0.1, 0.15) is 44.9 Å². The van der Waals surface area contributed by atoms with E-state index >= 15 is 0 Å². The second-order valence-electron chi connectivity index (χ2n) is 5.39. The molecule has 1 aliphatic heterocycles. The Balaban J connectivity index is 1.95. The van der Waals surface area contributed by atoms with Crippen molar-refractivity contribution in [3.05, 3.63) is 0 Å². The van der Waals surface area contributed by atoms with Crippen LogP contribution in [-0.2, 0) is 10.0 Å². The fourth-order valence-corrected chi connectivity index (χ4v) is 4.60. The Labute approximate surface area is 105 Å². The van der Waals surface area contributed by atoms with Gasteiger partial charge in [0.25, 0.3) is 0 Å². The summed E-state index contributed by atoms with van der Waals surface area (Å²) in [4.78, 5) is 0. The number of hydrogen-bond acceptors (Lipinski definition) is 3. The molecule has 1 heterocycles. The normalized spacial score (nSPS) is 27.2. The molecule has 100 valence electrons. The van der Waals surface area contributed by atoms with E-state index in [4.69, 9.17) is 5.73 Å². The molecule has 2 rings (SSSR count). The highest BCUT2D eigenvalue weighted by Crippen LogP contribution is 2.33. The summed E-state index contributed by atoms with van der Waals surface area (Å²) in [6.45, 7) is 1.29. The number of nitrogens with two attached hydrogens (primary N) is 1. The van der Waals surface area contributed by atoms with E-state index in [0.29, 0.717) is 24.8 Å². The van der Waals surface area contributed by atoms with Crippen molar-refractivity contribution in [3.8, 4) is 0 Å². The third kappa shape index (κ3) is 3.66. The molecule has 0 aromatic carbocycles. The maximum Gasteiger partial charge on any atom is 0.214 e. The first-order chi connectivity index (χ1) is 8.13. The van der Waals surface area contributed by atoms with Crippen molar-refractivity contribution in [2.45, 2.75) is 51.0 Å². The zero-order chi connectivity index (χ0) is 12.3. The van der Waals surface area contributed by atoms with Crippen LogP contribution < -0.4 is 5.73 Å². The largest absolute Gasteiger partial charge is 0.330 e. The van der Waals surface area contributed by atoms with Crippen molar-refractivity contribution in [1.82, 2.24) is 4.31 Å². The van der Waals surface area contributed by atoms with Crippen molar-refractivity contribution >= 4 is 10.0 Å². The lowest BCUT2D eigenvalue weighted by atomic mass is 10.0. The smallest absolute Gasteiger partial charge is 0.214 e. The summed E-state index contributed by atoms with van der Waals surface area (Å²) in [5.74, 6) is 1.03. The lowest BCUT2D eigenvalue weighted by molar-refractivity contribution is 0.243. The third-order valence-corrected chi connectivity index (χ3v) is 5.86. The molecule has 0 amide bonds. The lowest BCUT2D eigenvalue weighted by Gasteiger charge is -2.34. The van der Waals surface area contributed by atoms with E-state index < -0.39 is 10.0 Å². The molecule has 1 saturated heterocycles. The minimum absolute atomic E-state index is 0.165. The fraction of sp³-hybridized carbons (Fsp3) is 1.00. The molecule has 1 saturated carbocycles.